The fourth-order valence-corrected chi connectivity index (χ4v) is 4.15. The van der Waals surface area contributed by atoms with Gasteiger partial charge < -0.3 is 9.64 Å². The summed E-state index contributed by atoms with van der Waals surface area (Å²) < 4.78 is 5.98. The lowest BCUT2D eigenvalue weighted by Crippen LogP contribution is -2.30. The Balaban J connectivity index is 1.58. The van der Waals surface area contributed by atoms with Crippen molar-refractivity contribution in [2.45, 2.75) is 19.6 Å². The van der Waals surface area contributed by atoms with E-state index in [1.165, 1.54) is 11.6 Å². The van der Waals surface area contributed by atoms with Crippen molar-refractivity contribution < 1.29 is 4.74 Å². The molecule has 1 aromatic rings. The molecule has 2 saturated heterocycles. The van der Waals surface area contributed by atoms with Crippen LogP contribution in [0.2, 0.25) is 0 Å². The highest BCUT2D eigenvalue weighted by molar-refractivity contribution is 7.09. The van der Waals surface area contributed by atoms with E-state index in [1.54, 1.807) is 11.3 Å². The molecule has 2 fully saturated rings. The molecule has 0 spiro atoms. The van der Waals surface area contributed by atoms with Gasteiger partial charge in [0.25, 0.3) is 0 Å². The van der Waals surface area contributed by atoms with E-state index in [4.69, 9.17) is 4.74 Å². The van der Waals surface area contributed by atoms with Crippen molar-refractivity contribution in [3.63, 3.8) is 0 Å². The zero-order chi connectivity index (χ0) is 13.4. The molecule has 2 aliphatic rings. The van der Waals surface area contributed by atoms with E-state index in [1.807, 2.05) is 0 Å². The minimum absolute atomic E-state index is 0.450. The third-order valence-electron chi connectivity index (χ3n) is 4.14. The Kier molecular flexibility index (Phi) is 3.89. The van der Waals surface area contributed by atoms with Gasteiger partial charge in [-0.1, -0.05) is 0 Å². The number of nitrogens with zero attached hydrogens (tertiary/aromatic N) is 3. The van der Waals surface area contributed by atoms with E-state index >= 15 is 0 Å². The van der Waals surface area contributed by atoms with Crippen molar-refractivity contribution >= 4 is 11.3 Å². The first kappa shape index (κ1) is 13.5. The topological polar surface area (TPSA) is 28.6 Å². The Morgan fingerprint density at radius 3 is 3.00 bits per heavy atom. The van der Waals surface area contributed by atoms with Crippen LogP contribution in [0.15, 0.2) is 5.38 Å². The van der Waals surface area contributed by atoms with E-state index in [0.717, 1.165) is 31.9 Å². The van der Waals surface area contributed by atoms with E-state index < -0.39 is 0 Å². The Morgan fingerprint density at radius 1 is 1.47 bits per heavy atom. The van der Waals surface area contributed by atoms with Crippen LogP contribution >= 0.6 is 11.3 Å². The number of aryl methyl sites for hydroxylation is 1. The first-order chi connectivity index (χ1) is 9.11. The van der Waals surface area contributed by atoms with Gasteiger partial charge in [-0.3, -0.25) is 4.90 Å². The summed E-state index contributed by atoms with van der Waals surface area (Å²) in [6.45, 7) is 7.39. The Labute approximate surface area is 119 Å². The number of likely N-dealkylation sites (tertiary alicyclic amines) is 1. The van der Waals surface area contributed by atoms with Crippen LogP contribution < -0.4 is 0 Å². The smallest absolute Gasteiger partial charge is 0.107 e. The SMILES string of the molecule is Cc1csc(CN2C[C@@H]3[C@H](CN(C)C)CO[C@@H]3C2)n1. The number of hydrogen-bond acceptors (Lipinski definition) is 5. The summed E-state index contributed by atoms with van der Waals surface area (Å²) in [5.74, 6) is 1.41. The molecule has 0 amide bonds. The van der Waals surface area contributed by atoms with Crippen LogP contribution in [0.25, 0.3) is 0 Å². The van der Waals surface area contributed by atoms with Crippen LogP contribution in [-0.2, 0) is 11.3 Å². The maximum atomic E-state index is 5.98. The number of rotatable bonds is 4. The number of fused-ring (bicyclic) bond motifs is 1. The maximum Gasteiger partial charge on any atom is 0.107 e. The molecule has 2 aliphatic heterocycles. The van der Waals surface area contributed by atoms with Crippen molar-refractivity contribution in [2.24, 2.45) is 11.8 Å². The summed E-state index contributed by atoms with van der Waals surface area (Å²) in [5.41, 5.74) is 1.14. The monoisotopic (exact) mass is 281 g/mol. The molecule has 3 heterocycles. The molecule has 4 nitrogen and oxygen atoms in total. The van der Waals surface area contributed by atoms with Gasteiger partial charge in [-0.2, -0.15) is 0 Å². The second-order valence-electron chi connectivity index (χ2n) is 6.13. The molecule has 0 radical (unpaired) electrons. The molecule has 0 unspecified atom stereocenters. The molecule has 1 aromatic heterocycles. The highest BCUT2D eigenvalue weighted by Crippen LogP contribution is 2.34. The largest absolute Gasteiger partial charge is 0.376 e. The molecule has 5 heteroatoms. The van der Waals surface area contributed by atoms with E-state index in [0.29, 0.717) is 17.9 Å². The third-order valence-corrected chi connectivity index (χ3v) is 5.09. The number of ether oxygens (including phenoxy) is 1. The second-order valence-corrected chi connectivity index (χ2v) is 7.08. The molecule has 0 bridgehead atoms. The number of hydrogen-bond donors (Lipinski definition) is 0. The lowest BCUT2D eigenvalue weighted by molar-refractivity contribution is 0.0921. The van der Waals surface area contributed by atoms with Crippen molar-refractivity contribution in [3.8, 4) is 0 Å². The summed E-state index contributed by atoms with van der Waals surface area (Å²) in [6.07, 6.45) is 0.450. The van der Waals surface area contributed by atoms with E-state index in [-0.39, 0.29) is 0 Å². The van der Waals surface area contributed by atoms with Crippen LogP contribution in [0.1, 0.15) is 10.7 Å². The van der Waals surface area contributed by atoms with Crippen LogP contribution in [0.4, 0.5) is 0 Å². The lowest BCUT2D eigenvalue weighted by Gasteiger charge is -2.21. The fourth-order valence-electron chi connectivity index (χ4n) is 3.33. The second kappa shape index (κ2) is 5.48. The Bertz CT molecular complexity index is 434. The average molecular weight is 281 g/mol. The quantitative estimate of drug-likeness (QED) is 0.835. The first-order valence-corrected chi connectivity index (χ1v) is 7.89. The summed E-state index contributed by atoms with van der Waals surface area (Å²) in [7, 11) is 4.30. The molecule has 106 valence electrons. The Hall–Kier alpha value is -0.490. The highest BCUT2D eigenvalue weighted by Gasteiger charge is 2.43. The van der Waals surface area contributed by atoms with Crippen molar-refractivity contribution in [1.29, 1.82) is 0 Å². The van der Waals surface area contributed by atoms with Gasteiger partial charge in [-0.15, -0.1) is 11.3 Å². The number of thiazole rings is 1. The predicted molar refractivity (Wildman–Crippen MR) is 77.4 cm³/mol. The third kappa shape index (κ3) is 2.99. The number of aromatic nitrogens is 1. The van der Waals surface area contributed by atoms with Crippen LogP contribution in [-0.4, -0.2) is 61.2 Å². The standard InChI is InChI=1S/C14H23N3OS/c1-10-9-19-14(15-10)7-17-5-12-11(4-16(2)3)8-18-13(12)6-17/h9,11-13H,4-8H2,1-3H3/t11-,12-,13-/m1/s1. The summed E-state index contributed by atoms with van der Waals surface area (Å²) in [5, 5.41) is 3.37. The maximum absolute atomic E-state index is 5.98. The Morgan fingerprint density at radius 2 is 2.32 bits per heavy atom. The van der Waals surface area contributed by atoms with Crippen molar-refractivity contribution in [2.75, 3.05) is 40.3 Å². The summed E-state index contributed by atoms with van der Waals surface area (Å²) >= 11 is 1.77. The minimum atomic E-state index is 0.450. The first-order valence-electron chi connectivity index (χ1n) is 7.01. The fraction of sp³-hybridized carbons (Fsp3) is 0.786. The van der Waals surface area contributed by atoms with Gasteiger partial charge >= 0.3 is 0 Å². The lowest BCUT2D eigenvalue weighted by atomic mass is 9.93. The average Bonchev–Trinajstić information content (AvgIpc) is 2.98. The van der Waals surface area contributed by atoms with Crippen molar-refractivity contribution in [1.82, 2.24) is 14.8 Å². The zero-order valence-corrected chi connectivity index (χ0v) is 12.8. The van der Waals surface area contributed by atoms with Gasteiger partial charge in [0.1, 0.15) is 5.01 Å². The van der Waals surface area contributed by atoms with Crippen LogP contribution in [0, 0.1) is 18.8 Å². The van der Waals surface area contributed by atoms with Gasteiger partial charge in [0.05, 0.1) is 19.3 Å². The normalized spacial score (nSPS) is 31.3. The molecule has 3 rings (SSSR count). The molecular formula is C14H23N3OS. The molecular weight excluding hydrogens is 258 g/mol. The van der Waals surface area contributed by atoms with Crippen LogP contribution in [0.3, 0.4) is 0 Å². The molecule has 0 N–H and O–H groups in total. The molecule has 0 saturated carbocycles. The molecule has 19 heavy (non-hydrogen) atoms. The van der Waals surface area contributed by atoms with E-state index in [2.05, 4.69) is 41.2 Å². The van der Waals surface area contributed by atoms with Gasteiger partial charge in [-0.05, 0) is 21.0 Å². The minimum Gasteiger partial charge on any atom is -0.376 e. The summed E-state index contributed by atoms with van der Waals surface area (Å²) in [6, 6.07) is 0. The predicted octanol–water partition coefficient (Wildman–Crippen LogP) is 1.46. The highest BCUT2D eigenvalue weighted by atomic mass is 32.1. The van der Waals surface area contributed by atoms with Gasteiger partial charge in [0, 0.05) is 42.5 Å². The zero-order valence-electron chi connectivity index (χ0n) is 12.0. The summed E-state index contributed by atoms with van der Waals surface area (Å²) in [4.78, 5) is 9.35. The van der Waals surface area contributed by atoms with Gasteiger partial charge in [-0.25, -0.2) is 4.98 Å². The molecule has 0 aliphatic carbocycles. The molecule has 3 atom stereocenters. The van der Waals surface area contributed by atoms with Crippen molar-refractivity contribution in [3.05, 3.63) is 16.1 Å². The van der Waals surface area contributed by atoms with Gasteiger partial charge in [0.2, 0.25) is 0 Å². The van der Waals surface area contributed by atoms with Gasteiger partial charge in [0.15, 0.2) is 0 Å². The van der Waals surface area contributed by atoms with E-state index in [9.17, 15) is 0 Å². The molecule has 0 aromatic carbocycles. The van der Waals surface area contributed by atoms with Crippen LogP contribution in [0.5, 0.6) is 0 Å².